The zero-order chi connectivity index (χ0) is 26.7. The van der Waals surface area contributed by atoms with Gasteiger partial charge in [0, 0.05) is 36.6 Å². The van der Waals surface area contributed by atoms with E-state index in [4.69, 9.17) is 23.7 Å². The molecule has 0 N–H and O–H groups in total. The molecule has 2 unspecified atom stereocenters. The number of nitrogens with zero attached hydrogens (tertiary/aromatic N) is 1. The molecule has 2 aliphatic heterocycles. The molecule has 0 amide bonds. The highest BCUT2D eigenvalue weighted by molar-refractivity contribution is 5.74. The van der Waals surface area contributed by atoms with Crippen molar-refractivity contribution in [2.75, 3.05) is 39.6 Å². The molecule has 3 fully saturated rings. The van der Waals surface area contributed by atoms with Gasteiger partial charge in [0.15, 0.2) is 11.5 Å². The average molecular weight is 540 g/mol. The highest BCUT2D eigenvalue weighted by Gasteiger charge is 2.58. The molecule has 2 aliphatic carbocycles. The van der Waals surface area contributed by atoms with E-state index in [1.807, 2.05) is 6.92 Å². The Morgan fingerprint density at radius 3 is 2.16 bits per heavy atom. The van der Waals surface area contributed by atoms with Gasteiger partial charge in [0.05, 0.1) is 50.6 Å². The predicted octanol–water partition coefficient (Wildman–Crippen LogP) is 4.24. The first-order chi connectivity index (χ1) is 18.1. The van der Waals surface area contributed by atoms with Crippen molar-refractivity contribution in [1.82, 2.24) is 4.57 Å². The molecule has 11 heteroatoms. The number of benzene rings is 1. The van der Waals surface area contributed by atoms with Crippen LogP contribution in [0.25, 0.3) is 11.3 Å². The molecule has 206 valence electrons. The molecule has 38 heavy (non-hydrogen) atoms. The summed E-state index contributed by atoms with van der Waals surface area (Å²) in [6, 6.07) is 4.83. The Morgan fingerprint density at radius 2 is 1.55 bits per heavy atom. The van der Waals surface area contributed by atoms with Crippen molar-refractivity contribution in [2.24, 2.45) is 11.8 Å². The number of hydrogen-bond acceptors (Lipinski definition) is 6. The van der Waals surface area contributed by atoms with Crippen molar-refractivity contribution in [1.29, 1.82) is 0 Å². The van der Waals surface area contributed by atoms with Crippen LogP contribution in [0.2, 0.25) is 0 Å². The topological polar surface area (TPSA) is 68.2 Å². The Morgan fingerprint density at radius 1 is 0.921 bits per heavy atom. The lowest BCUT2D eigenvalue weighted by molar-refractivity contribution is -0.101. The molecule has 6 rings (SSSR count). The Kier molecular flexibility index (Phi) is 6.33. The highest BCUT2D eigenvalue weighted by atomic mass is 19.3. The summed E-state index contributed by atoms with van der Waals surface area (Å²) in [5.41, 5.74) is 2.67. The minimum absolute atomic E-state index is 0.190. The maximum absolute atomic E-state index is 13.5. The molecule has 1 aromatic carbocycles. The largest absolute Gasteiger partial charge is 0.490 e. The summed E-state index contributed by atoms with van der Waals surface area (Å²) < 4.78 is 84.0. The maximum Gasteiger partial charge on any atom is 0.255 e. The molecule has 7 nitrogen and oxygen atoms in total. The molecule has 1 saturated heterocycles. The van der Waals surface area contributed by atoms with Gasteiger partial charge in [-0.05, 0) is 31.0 Å². The first-order valence-corrected chi connectivity index (χ1v) is 12.9. The second-order valence-corrected chi connectivity index (χ2v) is 10.5. The monoisotopic (exact) mass is 539 g/mol. The Hall–Kier alpha value is -2.79. The Balaban J connectivity index is 1.31. The van der Waals surface area contributed by atoms with Crippen molar-refractivity contribution >= 4 is 0 Å². The van der Waals surface area contributed by atoms with Gasteiger partial charge in [0.2, 0.25) is 0 Å². The molecule has 3 heterocycles. The number of ether oxygens (including phenoxy) is 5. The third-order valence-corrected chi connectivity index (χ3v) is 7.65. The maximum atomic E-state index is 13.5. The normalized spacial score (nSPS) is 26.2. The lowest BCUT2D eigenvalue weighted by atomic mass is 9.93. The molecule has 4 aliphatic rings. The van der Waals surface area contributed by atoms with Crippen LogP contribution in [0.4, 0.5) is 17.6 Å². The third kappa shape index (κ3) is 4.98. The predicted molar refractivity (Wildman–Crippen MR) is 128 cm³/mol. The van der Waals surface area contributed by atoms with Crippen LogP contribution in [-0.2, 0) is 22.4 Å². The van der Waals surface area contributed by atoms with Crippen LogP contribution in [0.1, 0.15) is 24.0 Å². The molecule has 2 aromatic rings. The van der Waals surface area contributed by atoms with Crippen molar-refractivity contribution < 1.29 is 41.2 Å². The summed E-state index contributed by atoms with van der Waals surface area (Å²) in [5, 5.41) is 0. The van der Waals surface area contributed by atoms with E-state index in [1.54, 1.807) is 16.7 Å². The second kappa shape index (κ2) is 9.44. The van der Waals surface area contributed by atoms with Gasteiger partial charge in [-0.2, -0.15) is 0 Å². The standard InChI is InChI=1S/C27H29F4NO6/c1-15-21(38-14-19-13-34-4-5-35-19)8-24(33)32-3-2-16-6-22(36-11-17-9-26(17,28)29)23(7-20(16)25(15)32)37-12-18-10-27(18,30)31/h6-8,17-19H,2-5,9-14H2,1H3/t17?,18?,19-/m0/s1. The van der Waals surface area contributed by atoms with E-state index in [0.29, 0.717) is 49.8 Å². The highest BCUT2D eigenvalue weighted by Crippen LogP contribution is 2.51. The fourth-order valence-corrected chi connectivity index (χ4v) is 5.03. The van der Waals surface area contributed by atoms with Crippen molar-refractivity contribution in [3.63, 3.8) is 0 Å². The summed E-state index contributed by atoms with van der Waals surface area (Å²) in [6.07, 6.45) is -0.227. The molecule has 0 bridgehead atoms. The zero-order valence-corrected chi connectivity index (χ0v) is 20.9. The number of rotatable bonds is 9. The molecule has 2 saturated carbocycles. The molecule has 3 atom stereocenters. The van der Waals surface area contributed by atoms with E-state index >= 15 is 0 Å². The van der Waals surface area contributed by atoms with Crippen LogP contribution in [0, 0.1) is 18.8 Å². The number of fused-ring (bicyclic) bond motifs is 3. The van der Waals surface area contributed by atoms with Gasteiger partial charge in [-0.15, -0.1) is 0 Å². The van der Waals surface area contributed by atoms with Gasteiger partial charge in [-0.25, -0.2) is 17.6 Å². The molecular weight excluding hydrogens is 510 g/mol. The van der Waals surface area contributed by atoms with Crippen LogP contribution in [0.3, 0.4) is 0 Å². The minimum Gasteiger partial charge on any atom is -0.490 e. The molecule has 0 spiro atoms. The van der Waals surface area contributed by atoms with Crippen LogP contribution in [-0.4, -0.2) is 62.2 Å². The summed E-state index contributed by atoms with van der Waals surface area (Å²) in [4.78, 5) is 13.0. The van der Waals surface area contributed by atoms with Gasteiger partial charge in [0.1, 0.15) is 18.5 Å². The summed E-state index contributed by atoms with van der Waals surface area (Å²) in [7, 11) is 0. The van der Waals surface area contributed by atoms with Gasteiger partial charge in [-0.1, -0.05) is 0 Å². The van der Waals surface area contributed by atoms with Crippen molar-refractivity contribution in [3.05, 3.63) is 39.7 Å². The lowest BCUT2D eigenvalue weighted by Gasteiger charge is -2.27. The van der Waals surface area contributed by atoms with Crippen LogP contribution < -0.4 is 19.8 Å². The van der Waals surface area contributed by atoms with Crippen LogP contribution in [0.5, 0.6) is 17.2 Å². The smallest absolute Gasteiger partial charge is 0.255 e. The molecule has 1 aromatic heterocycles. The number of halogens is 4. The van der Waals surface area contributed by atoms with E-state index in [0.717, 1.165) is 11.1 Å². The van der Waals surface area contributed by atoms with Crippen LogP contribution >= 0.6 is 0 Å². The first kappa shape index (κ1) is 25.5. The van der Waals surface area contributed by atoms with E-state index in [2.05, 4.69) is 0 Å². The Labute approximate surface area is 216 Å². The summed E-state index contributed by atoms with van der Waals surface area (Å²) in [6.45, 7) is 3.48. The van der Waals surface area contributed by atoms with Gasteiger partial charge in [-0.3, -0.25) is 4.79 Å². The SMILES string of the molecule is Cc1c(OC[C@@H]2COCCO2)cc(=O)n2c1-c1cc(OCC3CC3(F)F)c(OCC3CC3(F)F)cc1CC2. The fourth-order valence-electron chi connectivity index (χ4n) is 5.03. The number of pyridine rings is 1. The van der Waals surface area contributed by atoms with Gasteiger partial charge < -0.3 is 28.3 Å². The second-order valence-electron chi connectivity index (χ2n) is 10.5. The summed E-state index contributed by atoms with van der Waals surface area (Å²) in [5.74, 6) is -6.43. The Bertz CT molecular complexity index is 1290. The number of aryl methyl sites for hydroxylation is 1. The van der Waals surface area contributed by atoms with E-state index in [9.17, 15) is 22.4 Å². The van der Waals surface area contributed by atoms with E-state index < -0.39 is 23.7 Å². The van der Waals surface area contributed by atoms with Gasteiger partial charge in [0.25, 0.3) is 17.4 Å². The number of hydrogen-bond donors (Lipinski definition) is 0. The summed E-state index contributed by atoms with van der Waals surface area (Å²) >= 11 is 0. The third-order valence-electron chi connectivity index (χ3n) is 7.65. The molecule has 0 radical (unpaired) electrons. The molecular formula is C27H29F4NO6. The van der Waals surface area contributed by atoms with E-state index in [-0.39, 0.29) is 55.8 Å². The van der Waals surface area contributed by atoms with E-state index in [1.165, 1.54) is 6.07 Å². The zero-order valence-electron chi connectivity index (χ0n) is 20.9. The first-order valence-electron chi connectivity index (χ1n) is 12.9. The quantitative estimate of drug-likeness (QED) is 0.444. The lowest BCUT2D eigenvalue weighted by Crippen LogP contribution is -2.34. The van der Waals surface area contributed by atoms with Gasteiger partial charge >= 0.3 is 0 Å². The van der Waals surface area contributed by atoms with Crippen molar-refractivity contribution in [3.8, 4) is 28.5 Å². The van der Waals surface area contributed by atoms with Crippen LogP contribution in [0.15, 0.2) is 23.0 Å². The fraction of sp³-hybridized carbons (Fsp3) is 0.593. The van der Waals surface area contributed by atoms with Crippen molar-refractivity contribution in [2.45, 2.75) is 50.7 Å². The number of alkyl halides is 4. The number of aromatic nitrogens is 1. The minimum atomic E-state index is -2.76. The average Bonchev–Trinajstić information content (AvgIpc) is 3.73.